The smallest absolute Gasteiger partial charge is 0.338 e. The van der Waals surface area contributed by atoms with Crippen molar-refractivity contribution in [3.63, 3.8) is 0 Å². The second-order valence-electron chi connectivity index (χ2n) is 6.30. The first-order valence-corrected chi connectivity index (χ1v) is 9.62. The molecule has 9 heteroatoms. The fourth-order valence-electron chi connectivity index (χ4n) is 2.91. The Morgan fingerprint density at radius 3 is 2.33 bits per heavy atom. The van der Waals surface area contributed by atoms with Crippen molar-refractivity contribution < 1.29 is 26.4 Å². The summed E-state index contributed by atoms with van der Waals surface area (Å²) in [6.45, 7) is 2.37. The molecule has 0 aromatic heterocycles. The number of nitrogens with zero attached hydrogens (tertiary/aromatic N) is 1. The number of nitrogens with one attached hydrogen (secondary N) is 1. The number of fused-ring (bicyclic) bond motifs is 1. The molecular formula is C18H17F3N2O3S. The Morgan fingerprint density at radius 2 is 1.74 bits per heavy atom. The molecule has 1 heterocycles. The first-order chi connectivity index (χ1) is 12.6. The molecule has 0 saturated carbocycles. The highest BCUT2D eigenvalue weighted by Crippen LogP contribution is 2.30. The van der Waals surface area contributed by atoms with Gasteiger partial charge in [-0.25, -0.2) is 8.42 Å². The molecule has 0 aliphatic carbocycles. The van der Waals surface area contributed by atoms with Gasteiger partial charge in [-0.2, -0.15) is 13.2 Å². The van der Waals surface area contributed by atoms with Gasteiger partial charge >= 0.3 is 6.18 Å². The van der Waals surface area contributed by atoms with E-state index in [4.69, 9.17) is 0 Å². The number of amides is 1. The number of hydrogen-bond acceptors (Lipinski definition) is 3. The first kappa shape index (κ1) is 19.2. The summed E-state index contributed by atoms with van der Waals surface area (Å²) in [6.07, 6.45) is -3.85. The highest BCUT2D eigenvalue weighted by atomic mass is 32.2. The van der Waals surface area contributed by atoms with Crippen molar-refractivity contribution in [3.8, 4) is 0 Å². The van der Waals surface area contributed by atoms with E-state index in [9.17, 15) is 26.4 Å². The van der Waals surface area contributed by atoms with Gasteiger partial charge in [-0.1, -0.05) is 6.07 Å². The van der Waals surface area contributed by atoms with Crippen LogP contribution in [-0.2, 0) is 34.0 Å². The molecule has 0 saturated heterocycles. The Balaban J connectivity index is 1.83. The van der Waals surface area contributed by atoms with E-state index in [1.165, 1.54) is 19.1 Å². The van der Waals surface area contributed by atoms with Crippen molar-refractivity contribution in [1.82, 2.24) is 4.90 Å². The quantitative estimate of drug-likeness (QED) is 0.862. The maximum Gasteiger partial charge on any atom is 0.416 e. The molecule has 0 unspecified atom stereocenters. The molecular weight excluding hydrogens is 381 g/mol. The van der Waals surface area contributed by atoms with Gasteiger partial charge in [0, 0.05) is 25.7 Å². The Kier molecular flexibility index (Phi) is 4.90. The monoisotopic (exact) mass is 398 g/mol. The number of carbonyl (C=O) groups is 1. The van der Waals surface area contributed by atoms with E-state index in [0.29, 0.717) is 19.5 Å². The van der Waals surface area contributed by atoms with Gasteiger partial charge in [0.25, 0.3) is 10.0 Å². The van der Waals surface area contributed by atoms with Gasteiger partial charge in [-0.05, 0) is 53.9 Å². The zero-order valence-electron chi connectivity index (χ0n) is 14.4. The van der Waals surface area contributed by atoms with Gasteiger partial charge in [0.05, 0.1) is 10.5 Å². The fraction of sp³-hybridized carbons (Fsp3) is 0.278. The van der Waals surface area contributed by atoms with Crippen LogP contribution in [0.4, 0.5) is 18.9 Å². The first-order valence-electron chi connectivity index (χ1n) is 8.14. The van der Waals surface area contributed by atoms with E-state index in [-0.39, 0.29) is 16.5 Å². The van der Waals surface area contributed by atoms with Crippen molar-refractivity contribution in [2.45, 2.75) is 31.0 Å². The molecule has 5 nitrogen and oxygen atoms in total. The Morgan fingerprint density at radius 1 is 1.07 bits per heavy atom. The summed E-state index contributed by atoms with van der Waals surface area (Å²) in [5.41, 5.74) is 0.891. The van der Waals surface area contributed by atoms with Crippen LogP contribution in [0.5, 0.6) is 0 Å². The third-order valence-corrected chi connectivity index (χ3v) is 5.79. The lowest BCUT2D eigenvalue weighted by molar-refractivity contribution is -0.137. The van der Waals surface area contributed by atoms with Crippen LogP contribution in [-0.4, -0.2) is 25.8 Å². The number of carbonyl (C=O) groups excluding carboxylic acids is 1. The molecule has 1 amide bonds. The largest absolute Gasteiger partial charge is 0.416 e. The Labute approximate surface area is 154 Å². The van der Waals surface area contributed by atoms with E-state index in [0.717, 1.165) is 35.4 Å². The summed E-state index contributed by atoms with van der Waals surface area (Å²) in [6, 6.07) is 8.41. The molecule has 0 spiro atoms. The number of sulfonamides is 1. The van der Waals surface area contributed by atoms with Crippen LogP contribution >= 0.6 is 0 Å². The number of hydrogen-bond donors (Lipinski definition) is 1. The SMILES string of the molecule is CC(=O)N1CCc2ccc(S(=O)(=O)Nc3ccc(C(F)(F)F)cc3)cc2C1. The molecule has 3 rings (SSSR count). The fourth-order valence-corrected chi connectivity index (χ4v) is 4.02. The highest BCUT2D eigenvalue weighted by Gasteiger charge is 2.30. The lowest BCUT2D eigenvalue weighted by Gasteiger charge is -2.28. The molecule has 0 bridgehead atoms. The summed E-state index contributed by atoms with van der Waals surface area (Å²) in [4.78, 5) is 13.2. The molecule has 0 atom stereocenters. The van der Waals surface area contributed by atoms with E-state index >= 15 is 0 Å². The summed E-state index contributed by atoms with van der Waals surface area (Å²) >= 11 is 0. The van der Waals surface area contributed by atoms with Gasteiger partial charge in [0.1, 0.15) is 0 Å². The van der Waals surface area contributed by atoms with Crippen LogP contribution < -0.4 is 4.72 Å². The standard InChI is InChI=1S/C18H17F3N2O3S/c1-12(24)23-9-8-13-2-7-17(10-14(13)11-23)27(25,26)22-16-5-3-15(4-6-16)18(19,20)21/h2-7,10,22H,8-9,11H2,1H3. The van der Waals surface area contributed by atoms with Crippen LogP contribution in [0.15, 0.2) is 47.4 Å². The summed E-state index contributed by atoms with van der Waals surface area (Å²) in [5, 5.41) is 0. The highest BCUT2D eigenvalue weighted by molar-refractivity contribution is 7.92. The minimum absolute atomic E-state index is 0.00782. The van der Waals surface area contributed by atoms with E-state index in [1.807, 2.05) is 0 Å². The van der Waals surface area contributed by atoms with Crippen molar-refractivity contribution >= 4 is 21.6 Å². The zero-order valence-corrected chi connectivity index (χ0v) is 15.2. The molecule has 27 heavy (non-hydrogen) atoms. The molecule has 2 aromatic rings. The van der Waals surface area contributed by atoms with Crippen LogP contribution in [0.3, 0.4) is 0 Å². The average Bonchev–Trinajstić information content (AvgIpc) is 2.60. The number of halogens is 3. The predicted octanol–water partition coefficient (Wildman–Crippen LogP) is 3.41. The number of alkyl halides is 3. The van der Waals surface area contributed by atoms with E-state index in [2.05, 4.69) is 4.72 Å². The van der Waals surface area contributed by atoms with Crippen LogP contribution in [0.2, 0.25) is 0 Å². The average molecular weight is 398 g/mol. The van der Waals surface area contributed by atoms with Gasteiger partial charge < -0.3 is 4.90 Å². The molecule has 0 fully saturated rings. The van der Waals surface area contributed by atoms with Gasteiger partial charge in [-0.3, -0.25) is 9.52 Å². The Bertz CT molecular complexity index is 970. The number of rotatable bonds is 3. The molecule has 1 aliphatic heterocycles. The minimum Gasteiger partial charge on any atom is -0.338 e. The van der Waals surface area contributed by atoms with E-state index in [1.54, 1.807) is 11.0 Å². The van der Waals surface area contributed by atoms with Gasteiger partial charge in [-0.15, -0.1) is 0 Å². The normalized spacial score (nSPS) is 14.6. The minimum atomic E-state index is -4.49. The second-order valence-corrected chi connectivity index (χ2v) is 7.98. The third-order valence-electron chi connectivity index (χ3n) is 4.41. The number of benzene rings is 2. The van der Waals surface area contributed by atoms with Crippen molar-refractivity contribution in [3.05, 3.63) is 59.2 Å². The number of anilines is 1. The Hall–Kier alpha value is -2.55. The van der Waals surface area contributed by atoms with Gasteiger partial charge in [0.2, 0.25) is 5.91 Å². The van der Waals surface area contributed by atoms with E-state index < -0.39 is 21.8 Å². The molecule has 144 valence electrons. The summed E-state index contributed by atoms with van der Waals surface area (Å²) < 4.78 is 65.2. The summed E-state index contributed by atoms with van der Waals surface area (Å²) in [5.74, 6) is -0.0863. The van der Waals surface area contributed by atoms with Crippen molar-refractivity contribution in [1.29, 1.82) is 0 Å². The van der Waals surface area contributed by atoms with Crippen molar-refractivity contribution in [2.24, 2.45) is 0 Å². The topological polar surface area (TPSA) is 66.5 Å². The maximum absolute atomic E-state index is 12.6. The molecule has 1 N–H and O–H groups in total. The van der Waals surface area contributed by atoms with Crippen molar-refractivity contribution in [2.75, 3.05) is 11.3 Å². The lowest BCUT2D eigenvalue weighted by Crippen LogP contribution is -2.34. The van der Waals surface area contributed by atoms with Crippen LogP contribution in [0.25, 0.3) is 0 Å². The molecule has 1 aliphatic rings. The molecule has 0 radical (unpaired) electrons. The predicted molar refractivity (Wildman–Crippen MR) is 93.5 cm³/mol. The zero-order chi connectivity index (χ0) is 19.8. The van der Waals surface area contributed by atoms with Crippen LogP contribution in [0.1, 0.15) is 23.6 Å². The maximum atomic E-state index is 12.6. The molecule has 2 aromatic carbocycles. The second kappa shape index (κ2) is 6.88. The lowest BCUT2D eigenvalue weighted by atomic mass is 10.00. The third kappa shape index (κ3) is 4.24. The van der Waals surface area contributed by atoms with Gasteiger partial charge in [0.15, 0.2) is 0 Å². The van der Waals surface area contributed by atoms with Crippen LogP contribution in [0, 0.1) is 0 Å². The summed E-state index contributed by atoms with van der Waals surface area (Å²) in [7, 11) is -3.97.